The van der Waals surface area contributed by atoms with Gasteiger partial charge in [-0.25, -0.2) is 9.97 Å². The van der Waals surface area contributed by atoms with Gasteiger partial charge in [-0.1, -0.05) is 23.2 Å². The summed E-state index contributed by atoms with van der Waals surface area (Å²) in [6, 6.07) is 5.28. The molecule has 4 nitrogen and oxygen atoms in total. The van der Waals surface area contributed by atoms with Crippen LogP contribution >= 0.6 is 23.2 Å². The lowest BCUT2D eigenvalue weighted by atomic mass is 10.1. The van der Waals surface area contributed by atoms with Gasteiger partial charge in [0.2, 0.25) is 0 Å². The SMILES string of the molecule is CNc1nc(-c2cc(Cl)ccc2Cl)nc2c1COCC2. The Kier molecular flexibility index (Phi) is 3.78. The lowest BCUT2D eigenvalue weighted by Gasteiger charge is -2.19. The van der Waals surface area contributed by atoms with Crippen LogP contribution < -0.4 is 5.32 Å². The average Bonchev–Trinajstić information content (AvgIpc) is 2.48. The van der Waals surface area contributed by atoms with Crippen molar-refractivity contribution >= 4 is 29.0 Å². The number of hydrogen-bond acceptors (Lipinski definition) is 4. The van der Waals surface area contributed by atoms with E-state index in [9.17, 15) is 0 Å². The number of fused-ring (bicyclic) bond motifs is 1. The molecular weight excluding hydrogens is 297 g/mol. The Labute approximate surface area is 127 Å². The molecule has 3 rings (SSSR count). The molecule has 0 bridgehead atoms. The Balaban J connectivity index is 2.17. The summed E-state index contributed by atoms with van der Waals surface area (Å²) in [5.74, 6) is 1.36. The number of aromatic nitrogens is 2. The molecule has 0 spiro atoms. The zero-order valence-electron chi connectivity index (χ0n) is 10.9. The van der Waals surface area contributed by atoms with Crippen molar-refractivity contribution in [3.05, 3.63) is 39.5 Å². The second-order valence-electron chi connectivity index (χ2n) is 4.50. The molecule has 1 aromatic carbocycles. The molecule has 1 aromatic heterocycles. The highest BCUT2D eigenvalue weighted by molar-refractivity contribution is 6.35. The van der Waals surface area contributed by atoms with E-state index in [1.807, 2.05) is 7.05 Å². The number of anilines is 1. The number of ether oxygens (including phenoxy) is 1. The normalized spacial score (nSPS) is 13.9. The Morgan fingerprint density at radius 1 is 1.25 bits per heavy atom. The van der Waals surface area contributed by atoms with Crippen LogP contribution in [0.2, 0.25) is 10.0 Å². The zero-order chi connectivity index (χ0) is 14.1. The molecule has 0 aliphatic carbocycles. The van der Waals surface area contributed by atoms with E-state index in [4.69, 9.17) is 27.9 Å². The maximum absolute atomic E-state index is 6.23. The van der Waals surface area contributed by atoms with Crippen molar-refractivity contribution in [3.63, 3.8) is 0 Å². The maximum atomic E-state index is 6.23. The topological polar surface area (TPSA) is 47.0 Å². The number of benzene rings is 1. The van der Waals surface area contributed by atoms with E-state index in [1.54, 1.807) is 18.2 Å². The zero-order valence-corrected chi connectivity index (χ0v) is 12.4. The van der Waals surface area contributed by atoms with Gasteiger partial charge in [-0.15, -0.1) is 0 Å². The third kappa shape index (κ3) is 2.46. The van der Waals surface area contributed by atoms with Crippen LogP contribution in [-0.2, 0) is 17.8 Å². The molecule has 0 amide bonds. The van der Waals surface area contributed by atoms with E-state index in [1.165, 1.54) is 0 Å². The van der Waals surface area contributed by atoms with Crippen LogP contribution in [0.15, 0.2) is 18.2 Å². The summed E-state index contributed by atoms with van der Waals surface area (Å²) in [7, 11) is 1.83. The molecule has 1 N–H and O–H groups in total. The fourth-order valence-corrected chi connectivity index (χ4v) is 2.60. The number of nitrogens with zero attached hydrogens (tertiary/aromatic N) is 2. The first kappa shape index (κ1) is 13.6. The monoisotopic (exact) mass is 309 g/mol. The number of rotatable bonds is 2. The quantitative estimate of drug-likeness (QED) is 0.921. The van der Waals surface area contributed by atoms with Crippen LogP contribution in [0.3, 0.4) is 0 Å². The summed E-state index contributed by atoms with van der Waals surface area (Å²) in [4.78, 5) is 9.15. The fraction of sp³-hybridized carbons (Fsp3) is 0.286. The van der Waals surface area contributed by atoms with E-state index in [0.29, 0.717) is 29.1 Å². The summed E-state index contributed by atoms with van der Waals surface area (Å²) in [6.45, 7) is 1.21. The Hall–Kier alpha value is -1.36. The minimum absolute atomic E-state index is 0.537. The van der Waals surface area contributed by atoms with Crippen molar-refractivity contribution in [2.24, 2.45) is 0 Å². The lowest BCUT2D eigenvalue weighted by molar-refractivity contribution is 0.109. The first-order valence-corrected chi connectivity index (χ1v) is 7.05. The predicted octanol–water partition coefficient (Wildman–Crippen LogP) is 3.56. The molecule has 0 fully saturated rings. The Bertz CT molecular complexity index is 644. The molecule has 0 saturated carbocycles. The van der Waals surface area contributed by atoms with Gasteiger partial charge in [-0.05, 0) is 18.2 Å². The van der Waals surface area contributed by atoms with Crippen LogP contribution in [0.25, 0.3) is 11.4 Å². The van der Waals surface area contributed by atoms with Crippen molar-refractivity contribution in [2.75, 3.05) is 19.0 Å². The highest BCUT2D eigenvalue weighted by Gasteiger charge is 2.19. The highest BCUT2D eigenvalue weighted by atomic mass is 35.5. The molecule has 1 aliphatic rings. The van der Waals surface area contributed by atoms with Gasteiger partial charge in [0.05, 0.1) is 23.9 Å². The van der Waals surface area contributed by atoms with Crippen molar-refractivity contribution in [3.8, 4) is 11.4 Å². The number of hydrogen-bond donors (Lipinski definition) is 1. The van der Waals surface area contributed by atoms with Crippen LogP contribution in [0.4, 0.5) is 5.82 Å². The van der Waals surface area contributed by atoms with Crippen molar-refractivity contribution < 1.29 is 4.74 Å². The Morgan fingerprint density at radius 2 is 2.10 bits per heavy atom. The van der Waals surface area contributed by atoms with Crippen molar-refractivity contribution in [1.29, 1.82) is 0 Å². The lowest BCUT2D eigenvalue weighted by Crippen LogP contribution is -2.16. The third-order valence-electron chi connectivity index (χ3n) is 3.23. The van der Waals surface area contributed by atoms with E-state index >= 15 is 0 Å². The molecule has 0 saturated heterocycles. The summed E-state index contributed by atoms with van der Waals surface area (Å²) >= 11 is 12.3. The largest absolute Gasteiger partial charge is 0.376 e. The standard InChI is InChI=1S/C14H13Cl2N3O/c1-17-13-10-7-20-5-4-12(10)18-14(19-13)9-6-8(15)2-3-11(9)16/h2-3,6H,4-5,7H2,1H3,(H,17,18,19). The molecule has 0 atom stereocenters. The highest BCUT2D eigenvalue weighted by Crippen LogP contribution is 2.31. The van der Waals surface area contributed by atoms with Gasteiger partial charge in [-0.2, -0.15) is 0 Å². The van der Waals surface area contributed by atoms with Gasteiger partial charge in [0.1, 0.15) is 5.82 Å². The fourth-order valence-electron chi connectivity index (χ4n) is 2.23. The molecule has 2 heterocycles. The van der Waals surface area contributed by atoms with Gasteiger partial charge in [-0.3, -0.25) is 0 Å². The minimum Gasteiger partial charge on any atom is -0.376 e. The van der Waals surface area contributed by atoms with E-state index in [2.05, 4.69) is 15.3 Å². The average molecular weight is 310 g/mol. The van der Waals surface area contributed by atoms with Gasteiger partial charge < -0.3 is 10.1 Å². The van der Waals surface area contributed by atoms with Gasteiger partial charge >= 0.3 is 0 Å². The Morgan fingerprint density at radius 3 is 2.90 bits per heavy atom. The molecule has 1 aliphatic heterocycles. The molecule has 20 heavy (non-hydrogen) atoms. The van der Waals surface area contributed by atoms with Crippen LogP contribution in [-0.4, -0.2) is 23.6 Å². The summed E-state index contributed by atoms with van der Waals surface area (Å²) < 4.78 is 5.46. The third-order valence-corrected chi connectivity index (χ3v) is 3.79. The molecule has 0 unspecified atom stereocenters. The van der Waals surface area contributed by atoms with Crippen LogP contribution in [0.1, 0.15) is 11.3 Å². The summed E-state index contributed by atoms with van der Waals surface area (Å²) in [5.41, 5.74) is 2.76. The van der Waals surface area contributed by atoms with E-state index in [-0.39, 0.29) is 0 Å². The van der Waals surface area contributed by atoms with E-state index < -0.39 is 0 Å². The molecule has 104 valence electrons. The molecule has 2 aromatic rings. The van der Waals surface area contributed by atoms with Gasteiger partial charge in [0.25, 0.3) is 0 Å². The molecular formula is C14H13Cl2N3O. The van der Waals surface area contributed by atoms with Crippen LogP contribution in [0, 0.1) is 0 Å². The molecule has 0 radical (unpaired) electrons. The molecule has 6 heteroatoms. The van der Waals surface area contributed by atoms with Crippen molar-refractivity contribution in [2.45, 2.75) is 13.0 Å². The smallest absolute Gasteiger partial charge is 0.163 e. The summed E-state index contributed by atoms with van der Waals surface area (Å²) in [5, 5.41) is 4.29. The summed E-state index contributed by atoms with van der Waals surface area (Å²) in [6.07, 6.45) is 0.776. The van der Waals surface area contributed by atoms with Gasteiger partial charge in [0, 0.05) is 29.6 Å². The van der Waals surface area contributed by atoms with Gasteiger partial charge in [0.15, 0.2) is 5.82 Å². The minimum atomic E-state index is 0.537. The maximum Gasteiger partial charge on any atom is 0.163 e. The predicted molar refractivity (Wildman–Crippen MR) is 80.4 cm³/mol. The van der Waals surface area contributed by atoms with E-state index in [0.717, 1.165) is 29.1 Å². The first-order chi connectivity index (χ1) is 9.69. The second kappa shape index (κ2) is 5.56. The van der Waals surface area contributed by atoms with Crippen LogP contribution in [0.5, 0.6) is 0 Å². The number of nitrogens with one attached hydrogen (secondary N) is 1. The first-order valence-electron chi connectivity index (χ1n) is 6.29. The number of halogens is 2. The second-order valence-corrected chi connectivity index (χ2v) is 5.34. The van der Waals surface area contributed by atoms with Crippen molar-refractivity contribution in [1.82, 2.24) is 9.97 Å².